The number of imide groups is 1. The molecule has 7 heteroatoms. The lowest BCUT2D eigenvalue weighted by Gasteiger charge is -2.09. The van der Waals surface area contributed by atoms with Crippen LogP contribution < -0.4 is 5.32 Å². The number of aromatic nitrogens is 3. The van der Waals surface area contributed by atoms with Crippen molar-refractivity contribution in [2.45, 2.75) is 6.54 Å². The zero-order valence-corrected chi connectivity index (χ0v) is 7.60. The number of rotatable bonds is 2. The maximum absolute atomic E-state index is 11.1. The first-order valence-corrected chi connectivity index (χ1v) is 4.09. The number of nitrogens with one attached hydrogen (secondary N) is 1. The van der Waals surface area contributed by atoms with Gasteiger partial charge in [-0.1, -0.05) is 5.21 Å². The summed E-state index contributed by atoms with van der Waals surface area (Å²) >= 11 is 0. The third-order valence-corrected chi connectivity index (χ3v) is 1.87. The van der Waals surface area contributed by atoms with Crippen LogP contribution in [0.5, 0.6) is 0 Å². The minimum atomic E-state index is -0.374. The van der Waals surface area contributed by atoms with Gasteiger partial charge in [0.15, 0.2) is 0 Å². The monoisotopic (exact) mass is 195 g/mol. The Balaban J connectivity index is 2.05. The molecule has 1 aliphatic rings. The summed E-state index contributed by atoms with van der Waals surface area (Å²) in [6, 6.07) is -0.374. The Morgan fingerprint density at radius 1 is 1.57 bits per heavy atom. The van der Waals surface area contributed by atoms with Crippen molar-refractivity contribution in [3.8, 4) is 0 Å². The van der Waals surface area contributed by atoms with Crippen molar-refractivity contribution in [1.29, 1.82) is 0 Å². The smallest absolute Gasteiger partial charge is 0.309 e. The summed E-state index contributed by atoms with van der Waals surface area (Å²) in [5.41, 5.74) is 0.664. The SMILES string of the molecule is Cn1cc(CN2CC(=O)NC2=O)nn1. The molecule has 1 aromatic rings. The largest absolute Gasteiger partial charge is 0.324 e. The fraction of sp³-hybridized carbons (Fsp3) is 0.429. The number of urea groups is 1. The Labute approximate surface area is 79.7 Å². The van der Waals surface area contributed by atoms with E-state index < -0.39 is 0 Å². The zero-order valence-electron chi connectivity index (χ0n) is 7.60. The molecule has 1 saturated heterocycles. The molecule has 0 aliphatic carbocycles. The number of carbonyl (C=O) groups excluding carboxylic acids is 2. The van der Waals surface area contributed by atoms with Gasteiger partial charge in [-0.2, -0.15) is 0 Å². The fourth-order valence-electron chi connectivity index (χ4n) is 1.27. The van der Waals surface area contributed by atoms with Crippen molar-refractivity contribution in [1.82, 2.24) is 25.2 Å². The van der Waals surface area contributed by atoms with Gasteiger partial charge < -0.3 is 4.90 Å². The topological polar surface area (TPSA) is 80.1 Å². The summed E-state index contributed by atoms with van der Waals surface area (Å²) in [5.74, 6) is -0.279. The average Bonchev–Trinajstić information content (AvgIpc) is 2.61. The highest BCUT2D eigenvalue weighted by molar-refractivity contribution is 6.01. The molecule has 0 saturated carbocycles. The second kappa shape index (κ2) is 3.09. The lowest BCUT2D eigenvalue weighted by atomic mass is 10.4. The molecule has 2 rings (SSSR count). The molecule has 3 amide bonds. The van der Waals surface area contributed by atoms with Gasteiger partial charge in [-0.15, -0.1) is 5.10 Å². The van der Waals surface area contributed by atoms with Gasteiger partial charge in [-0.3, -0.25) is 14.8 Å². The summed E-state index contributed by atoms with van der Waals surface area (Å²) in [4.78, 5) is 23.4. The molecular formula is C7H9N5O2. The molecule has 2 heterocycles. The van der Waals surface area contributed by atoms with E-state index in [0.29, 0.717) is 12.2 Å². The second-order valence-corrected chi connectivity index (χ2v) is 3.09. The van der Waals surface area contributed by atoms with E-state index in [1.165, 1.54) is 4.90 Å². The molecule has 1 aromatic heterocycles. The van der Waals surface area contributed by atoms with E-state index in [4.69, 9.17) is 0 Å². The van der Waals surface area contributed by atoms with E-state index in [-0.39, 0.29) is 18.5 Å². The van der Waals surface area contributed by atoms with Crippen molar-refractivity contribution in [2.24, 2.45) is 7.05 Å². The molecule has 0 bridgehead atoms. The van der Waals surface area contributed by atoms with E-state index in [1.807, 2.05) is 0 Å². The predicted octanol–water partition coefficient (Wildman–Crippen LogP) is -1.13. The van der Waals surface area contributed by atoms with Crippen molar-refractivity contribution in [3.63, 3.8) is 0 Å². The Hall–Kier alpha value is -1.92. The van der Waals surface area contributed by atoms with Crippen molar-refractivity contribution < 1.29 is 9.59 Å². The van der Waals surface area contributed by atoms with E-state index in [0.717, 1.165) is 0 Å². The standard InChI is InChI=1S/C7H9N5O2/c1-11-2-5(9-10-11)3-12-4-6(13)8-7(12)14/h2H,3-4H2,1H3,(H,8,13,14). The Bertz CT molecular complexity index is 385. The molecular weight excluding hydrogens is 186 g/mol. The lowest BCUT2D eigenvalue weighted by molar-refractivity contribution is -0.118. The third kappa shape index (κ3) is 1.56. The fourth-order valence-corrected chi connectivity index (χ4v) is 1.27. The maximum Gasteiger partial charge on any atom is 0.324 e. The average molecular weight is 195 g/mol. The van der Waals surface area contributed by atoms with E-state index in [9.17, 15) is 9.59 Å². The number of aryl methyl sites for hydroxylation is 1. The van der Waals surface area contributed by atoms with Crippen LogP contribution in [0.4, 0.5) is 4.79 Å². The highest BCUT2D eigenvalue weighted by Crippen LogP contribution is 2.04. The van der Waals surface area contributed by atoms with Gasteiger partial charge in [0, 0.05) is 13.2 Å². The minimum Gasteiger partial charge on any atom is -0.309 e. The number of carbonyl (C=O) groups is 2. The molecule has 14 heavy (non-hydrogen) atoms. The molecule has 0 aromatic carbocycles. The first-order chi connectivity index (χ1) is 6.65. The van der Waals surface area contributed by atoms with Crippen LogP contribution in [0.2, 0.25) is 0 Å². The van der Waals surface area contributed by atoms with E-state index in [2.05, 4.69) is 15.6 Å². The van der Waals surface area contributed by atoms with Crippen LogP contribution in [-0.2, 0) is 18.4 Å². The number of amides is 3. The minimum absolute atomic E-state index is 0.0927. The summed E-state index contributed by atoms with van der Waals surface area (Å²) < 4.78 is 1.55. The molecule has 1 aliphatic heterocycles. The summed E-state index contributed by atoms with van der Waals surface area (Å²) in [5, 5.41) is 9.73. The van der Waals surface area contributed by atoms with Crippen LogP contribution in [0.15, 0.2) is 6.20 Å². The normalized spacial score (nSPS) is 16.2. The summed E-state index contributed by atoms with van der Waals surface area (Å²) in [6.07, 6.45) is 1.70. The molecule has 0 atom stereocenters. The number of hydrogen-bond donors (Lipinski definition) is 1. The quantitative estimate of drug-likeness (QED) is 0.605. The second-order valence-electron chi connectivity index (χ2n) is 3.09. The van der Waals surface area contributed by atoms with Crippen molar-refractivity contribution >= 4 is 11.9 Å². The Morgan fingerprint density at radius 3 is 2.86 bits per heavy atom. The highest BCUT2D eigenvalue weighted by Gasteiger charge is 2.26. The summed E-state index contributed by atoms with van der Waals surface area (Å²) in [7, 11) is 1.74. The van der Waals surface area contributed by atoms with Crippen LogP contribution in [0.3, 0.4) is 0 Å². The van der Waals surface area contributed by atoms with Crippen molar-refractivity contribution in [2.75, 3.05) is 6.54 Å². The number of nitrogens with zero attached hydrogens (tertiary/aromatic N) is 4. The first-order valence-electron chi connectivity index (χ1n) is 4.09. The molecule has 0 unspecified atom stereocenters. The van der Waals surface area contributed by atoms with Crippen LogP contribution in [0.25, 0.3) is 0 Å². The molecule has 74 valence electrons. The van der Waals surface area contributed by atoms with E-state index >= 15 is 0 Å². The van der Waals surface area contributed by atoms with Gasteiger partial charge in [0.2, 0.25) is 5.91 Å². The highest BCUT2D eigenvalue weighted by atomic mass is 16.2. The zero-order chi connectivity index (χ0) is 10.1. The van der Waals surface area contributed by atoms with Crippen molar-refractivity contribution in [3.05, 3.63) is 11.9 Å². The van der Waals surface area contributed by atoms with Crippen LogP contribution >= 0.6 is 0 Å². The molecule has 0 radical (unpaired) electrons. The summed E-state index contributed by atoms with van der Waals surface area (Å²) in [6.45, 7) is 0.404. The molecule has 0 spiro atoms. The van der Waals surface area contributed by atoms with Gasteiger partial charge in [-0.05, 0) is 0 Å². The maximum atomic E-state index is 11.1. The molecule has 1 N–H and O–H groups in total. The van der Waals surface area contributed by atoms with Gasteiger partial charge in [-0.25, -0.2) is 4.79 Å². The van der Waals surface area contributed by atoms with Gasteiger partial charge in [0.05, 0.1) is 6.54 Å². The molecule has 1 fully saturated rings. The van der Waals surface area contributed by atoms with Gasteiger partial charge >= 0.3 is 6.03 Å². The lowest BCUT2D eigenvalue weighted by Crippen LogP contribution is -2.27. The van der Waals surface area contributed by atoms with Crippen LogP contribution in [-0.4, -0.2) is 38.4 Å². The Morgan fingerprint density at radius 2 is 2.36 bits per heavy atom. The van der Waals surface area contributed by atoms with Crippen LogP contribution in [0, 0.1) is 0 Å². The van der Waals surface area contributed by atoms with Gasteiger partial charge in [0.1, 0.15) is 12.2 Å². The predicted molar refractivity (Wildman–Crippen MR) is 45.0 cm³/mol. The van der Waals surface area contributed by atoms with Gasteiger partial charge in [0.25, 0.3) is 0 Å². The van der Waals surface area contributed by atoms with Crippen LogP contribution in [0.1, 0.15) is 5.69 Å². The number of hydrogen-bond acceptors (Lipinski definition) is 4. The molecule has 7 nitrogen and oxygen atoms in total. The van der Waals surface area contributed by atoms with E-state index in [1.54, 1.807) is 17.9 Å². The third-order valence-electron chi connectivity index (χ3n) is 1.87. The Kier molecular flexibility index (Phi) is 1.91. The first kappa shape index (κ1) is 8.67.